The van der Waals surface area contributed by atoms with Crippen molar-refractivity contribution in [2.24, 2.45) is 23.7 Å². The second-order valence-electron chi connectivity index (χ2n) is 13.3. The van der Waals surface area contributed by atoms with Crippen LogP contribution in [-0.4, -0.2) is 43.0 Å². The van der Waals surface area contributed by atoms with Crippen LogP contribution in [0.2, 0.25) is 10.0 Å². The lowest BCUT2D eigenvalue weighted by atomic mass is 9.49. The molecule has 11 heteroatoms. The SMILES string of the molecule is COc1cc(O)cc(OC)c1C1C2=CCC3C(=O)N(c4ccc(Cl)cc4)C(=O)C3C2CC2C(=O)N(c3cccc(Cl)c3)C(=O)C21c1ccccc1. The van der Waals surface area contributed by atoms with Crippen LogP contribution in [0.1, 0.15) is 29.9 Å². The summed E-state index contributed by atoms with van der Waals surface area (Å²) in [6.45, 7) is 0. The van der Waals surface area contributed by atoms with Gasteiger partial charge < -0.3 is 14.6 Å². The number of carbonyl (C=O) groups excluding carboxylic acids is 4. The second-order valence-corrected chi connectivity index (χ2v) is 14.2. The van der Waals surface area contributed by atoms with E-state index in [0.29, 0.717) is 32.5 Å². The smallest absolute Gasteiger partial charge is 0.246 e. The topological polar surface area (TPSA) is 113 Å². The van der Waals surface area contributed by atoms with Crippen LogP contribution in [0.25, 0.3) is 0 Å². The average molecular weight is 724 g/mol. The predicted molar refractivity (Wildman–Crippen MR) is 191 cm³/mol. The molecule has 4 amide bonds. The molecule has 3 fully saturated rings. The number of benzene rings is 4. The molecule has 4 aromatic rings. The molecule has 2 aliphatic carbocycles. The van der Waals surface area contributed by atoms with Crippen molar-refractivity contribution in [3.8, 4) is 17.2 Å². The Morgan fingerprint density at radius 2 is 1.41 bits per heavy atom. The van der Waals surface area contributed by atoms with Crippen LogP contribution in [0.4, 0.5) is 11.4 Å². The van der Waals surface area contributed by atoms with Gasteiger partial charge in [0.2, 0.25) is 23.6 Å². The van der Waals surface area contributed by atoms with Crippen molar-refractivity contribution in [1.29, 1.82) is 0 Å². The third-order valence-electron chi connectivity index (χ3n) is 11.1. The number of hydrogen-bond donors (Lipinski definition) is 1. The summed E-state index contributed by atoms with van der Waals surface area (Å²) in [5.74, 6) is -5.22. The lowest BCUT2D eigenvalue weighted by Gasteiger charge is -2.51. The summed E-state index contributed by atoms with van der Waals surface area (Å²) in [6.07, 6.45) is 2.32. The van der Waals surface area contributed by atoms with Crippen LogP contribution < -0.4 is 19.3 Å². The minimum Gasteiger partial charge on any atom is -0.508 e. The molecule has 2 heterocycles. The lowest BCUT2D eigenvalue weighted by Crippen LogP contribution is -2.53. The zero-order valence-corrected chi connectivity index (χ0v) is 29.1. The average Bonchev–Trinajstić information content (AvgIpc) is 3.52. The Bertz CT molecular complexity index is 2130. The maximum atomic E-state index is 15.5. The molecule has 0 spiro atoms. The van der Waals surface area contributed by atoms with Crippen LogP contribution >= 0.6 is 23.2 Å². The standard InChI is InChI=1S/C40H32Cl2N2O7/c1-50-31-18-26(45)19-32(51-2)34(31)35-27-15-16-28-33(38(48)43(36(28)46)24-13-11-22(41)12-14-24)29(27)20-30-37(47)44(25-10-6-9-23(42)17-25)39(49)40(30,35)21-7-4-3-5-8-21/h3-15,17-19,28-30,33,35,45H,16,20H2,1-2H3. The fraction of sp³-hybridized carbons (Fsp3) is 0.250. The molecule has 0 aromatic heterocycles. The Balaban J connectivity index is 1.40. The van der Waals surface area contributed by atoms with Gasteiger partial charge in [0, 0.05) is 33.7 Å². The Labute approximate surface area is 304 Å². The van der Waals surface area contributed by atoms with Crippen molar-refractivity contribution in [2.75, 3.05) is 24.0 Å². The number of hydrogen-bond acceptors (Lipinski definition) is 7. The molecule has 6 atom stereocenters. The Kier molecular flexibility index (Phi) is 7.96. The van der Waals surface area contributed by atoms with Crippen LogP contribution in [0.15, 0.2) is 103 Å². The number of allylic oxidation sites excluding steroid dienone is 2. The van der Waals surface area contributed by atoms with Crippen molar-refractivity contribution < 1.29 is 33.8 Å². The molecule has 0 bridgehead atoms. The van der Waals surface area contributed by atoms with E-state index >= 15 is 4.79 Å². The Hall–Kier alpha value is -5.12. The third kappa shape index (κ3) is 4.74. The molecule has 51 heavy (non-hydrogen) atoms. The van der Waals surface area contributed by atoms with Gasteiger partial charge in [-0.15, -0.1) is 0 Å². The lowest BCUT2D eigenvalue weighted by molar-refractivity contribution is -0.127. The number of ether oxygens (including phenoxy) is 2. The number of fused-ring (bicyclic) bond motifs is 4. The van der Waals surface area contributed by atoms with E-state index in [2.05, 4.69) is 0 Å². The van der Waals surface area contributed by atoms with Crippen molar-refractivity contribution >= 4 is 58.2 Å². The molecule has 8 rings (SSSR count). The molecule has 2 aliphatic heterocycles. The fourth-order valence-corrected chi connectivity index (χ4v) is 9.42. The number of anilines is 2. The summed E-state index contributed by atoms with van der Waals surface area (Å²) < 4.78 is 11.8. The number of phenols is 1. The van der Waals surface area contributed by atoms with Gasteiger partial charge in [-0.1, -0.05) is 71.2 Å². The van der Waals surface area contributed by atoms with E-state index in [1.807, 2.05) is 36.4 Å². The molecule has 2 saturated heterocycles. The summed E-state index contributed by atoms with van der Waals surface area (Å²) in [4.78, 5) is 61.4. The highest BCUT2D eigenvalue weighted by atomic mass is 35.5. The third-order valence-corrected chi connectivity index (χ3v) is 11.6. The highest BCUT2D eigenvalue weighted by Crippen LogP contribution is 2.66. The normalized spacial score (nSPS) is 26.8. The first-order valence-electron chi connectivity index (χ1n) is 16.6. The molecule has 4 aromatic carbocycles. The number of rotatable bonds is 6. The number of imide groups is 2. The number of phenolic OH excluding ortho intramolecular Hbond substituents is 1. The number of halogens is 2. The van der Waals surface area contributed by atoms with Crippen LogP contribution in [0, 0.1) is 23.7 Å². The van der Waals surface area contributed by atoms with Crippen LogP contribution in [-0.2, 0) is 24.6 Å². The Morgan fingerprint density at radius 3 is 2.06 bits per heavy atom. The maximum Gasteiger partial charge on any atom is 0.246 e. The molecule has 1 saturated carbocycles. The number of aromatic hydroxyl groups is 1. The minimum atomic E-state index is -1.55. The summed E-state index contributed by atoms with van der Waals surface area (Å²) in [5.41, 5.74) is 0.958. The second kappa shape index (κ2) is 12.3. The van der Waals surface area contributed by atoms with Crippen molar-refractivity contribution in [3.63, 3.8) is 0 Å². The molecule has 0 radical (unpaired) electrons. The van der Waals surface area contributed by atoms with E-state index in [-0.39, 0.29) is 41.9 Å². The first kappa shape index (κ1) is 33.0. The molecular formula is C40H32Cl2N2O7. The van der Waals surface area contributed by atoms with Crippen molar-refractivity contribution in [3.05, 3.63) is 124 Å². The maximum absolute atomic E-state index is 15.5. The van der Waals surface area contributed by atoms with Gasteiger partial charge in [0.05, 0.1) is 48.8 Å². The van der Waals surface area contributed by atoms with Gasteiger partial charge in [0.25, 0.3) is 0 Å². The highest BCUT2D eigenvalue weighted by molar-refractivity contribution is 6.32. The quantitative estimate of drug-likeness (QED) is 0.167. The first-order valence-corrected chi connectivity index (χ1v) is 17.3. The van der Waals surface area contributed by atoms with E-state index in [4.69, 9.17) is 32.7 Å². The largest absolute Gasteiger partial charge is 0.508 e. The Morgan fingerprint density at radius 1 is 0.725 bits per heavy atom. The van der Waals surface area contributed by atoms with Gasteiger partial charge in [-0.3, -0.25) is 24.1 Å². The number of methoxy groups -OCH3 is 2. The summed E-state index contributed by atoms with van der Waals surface area (Å²) in [7, 11) is 2.91. The van der Waals surface area contributed by atoms with Gasteiger partial charge in [-0.25, -0.2) is 4.90 Å². The minimum absolute atomic E-state index is 0.118. The predicted octanol–water partition coefficient (Wildman–Crippen LogP) is 7.08. The molecule has 1 N–H and O–H groups in total. The van der Waals surface area contributed by atoms with E-state index < -0.39 is 46.8 Å². The van der Waals surface area contributed by atoms with Gasteiger partial charge in [-0.05, 0) is 66.8 Å². The zero-order valence-electron chi connectivity index (χ0n) is 27.6. The van der Waals surface area contributed by atoms with Crippen LogP contribution in [0.5, 0.6) is 17.2 Å². The van der Waals surface area contributed by atoms with Gasteiger partial charge >= 0.3 is 0 Å². The van der Waals surface area contributed by atoms with E-state index in [1.54, 1.807) is 48.5 Å². The fourth-order valence-electron chi connectivity index (χ4n) is 9.11. The number of amides is 4. The van der Waals surface area contributed by atoms with Crippen molar-refractivity contribution in [1.82, 2.24) is 0 Å². The van der Waals surface area contributed by atoms with Crippen molar-refractivity contribution in [2.45, 2.75) is 24.2 Å². The molecule has 6 unspecified atom stereocenters. The van der Waals surface area contributed by atoms with Gasteiger partial charge in [0.1, 0.15) is 17.2 Å². The molecular weight excluding hydrogens is 691 g/mol. The van der Waals surface area contributed by atoms with E-state index in [0.717, 1.165) is 5.57 Å². The van der Waals surface area contributed by atoms with Gasteiger partial charge in [0.15, 0.2) is 0 Å². The van der Waals surface area contributed by atoms with E-state index in [1.165, 1.54) is 36.2 Å². The first-order chi connectivity index (χ1) is 24.6. The number of nitrogens with zero attached hydrogens (tertiary/aromatic N) is 2. The molecule has 9 nitrogen and oxygen atoms in total. The van der Waals surface area contributed by atoms with E-state index in [9.17, 15) is 19.5 Å². The summed E-state index contributed by atoms with van der Waals surface area (Å²) in [5, 5.41) is 11.5. The number of carbonyl (C=O) groups is 4. The van der Waals surface area contributed by atoms with Gasteiger partial charge in [-0.2, -0.15) is 0 Å². The zero-order chi connectivity index (χ0) is 35.8. The molecule has 258 valence electrons. The van der Waals surface area contributed by atoms with Crippen LogP contribution in [0.3, 0.4) is 0 Å². The highest BCUT2D eigenvalue weighted by Gasteiger charge is 2.71. The summed E-state index contributed by atoms with van der Waals surface area (Å²) >= 11 is 12.5. The summed E-state index contributed by atoms with van der Waals surface area (Å²) in [6, 6.07) is 25.2. The molecule has 4 aliphatic rings. The monoisotopic (exact) mass is 722 g/mol.